The van der Waals surface area contributed by atoms with E-state index in [-0.39, 0.29) is 16.7 Å². The molecular weight excluding hydrogens is 314 g/mol. The average Bonchev–Trinajstić information content (AvgIpc) is 2.97. The predicted octanol–water partition coefficient (Wildman–Crippen LogP) is 3.02. The molecule has 0 aliphatic rings. The van der Waals surface area contributed by atoms with Crippen molar-refractivity contribution in [1.82, 2.24) is 13.7 Å². The van der Waals surface area contributed by atoms with Gasteiger partial charge in [-0.25, -0.2) is 4.79 Å². The zero-order valence-corrected chi connectivity index (χ0v) is 15.8. The predicted molar refractivity (Wildman–Crippen MR) is 102 cm³/mol. The molecule has 0 fully saturated rings. The van der Waals surface area contributed by atoms with E-state index in [1.54, 1.807) is 7.05 Å². The van der Waals surface area contributed by atoms with Gasteiger partial charge in [-0.05, 0) is 23.5 Å². The Balaban J connectivity index is 2.36. The first-order valence-electron chi connectivity index (χ1n) is 8.56. The summed E-state index contributed by atoms with van der Waals surface area (Å²) in [6.45, 7) is 9.30. The molecule has 0 aliphatic carbocycles. The van der Waals surface area contributed by atoms with Gasteiger partial charge in [-0.3, -0.25) is 13.9 Å². The minimum absolute atomic E-state index is 0.0768. The van der Waals surface area contributed by atoms with E-state index in [9.17, 15) is 9.59 Å². The van der Waals surface area contributed by atoms with E-state index in [4.69, 9.17) is 0 Å². The Morgan fingerprint density at radius 3 is 2.08 bits per heavy atom. The molecule has 0 unspecified atom stereocenters. The van der Waals surface area contributed by atoms with Crippen LogP contribution in [0.4, 0.5) is 0 Å². The van der Waals surface area contributed by atoms with Crippen molar-refractivity contribution in [3.63, 3.8) is 0 Å². The third-order valence-electron chi connectivity index (χ3n) is 4.88. The van der Waals surface area contributed by atoms with Gasteiger partial charge in [-0.15, -0.1) is 0 Å². The molecule has 0 N–H and O–H groups in total. The first-order valence-corrected chi connectivity index (χ1v) is 8.56. The molecule has 0 bridgehead atoms. The van der Waals surface area contributed by atoms with Crippen molar-refractivity contribution in [3.05, 3.63) is 56.9 Å². The molecule has 1 aromatic carbocycles. The molecule has 5 nitrogen and oxygen atoms in total. The first kappa shape index (κ1) is 17.3. The number of fused-ring (bicyclic) bond motifs is 1. The third-order valence-corrected chi connectivity index (χ3v) is 4.88. The van der Waals surface area contributed by atoms with Gasteiger partial charge in [-0.2, -0.15) is 0 Å². The summed E-state index contributed by atoms with van der Waals surface area (Å²) in [5.41, 5.74) is 3.29. The summed E-state index contributed by atoms with van der Waals surface area (Å²) >= 11 is 0. The van der Waals surface area contributed by atoms with E-state index in [0.717, 1.165) is 17.8 Å². The van der Waals surface area contributed by atoms with Gasteiger partial charge in [0.1, 0.15) is 0 Å². The molecule has 0 radical (unpaired) electrons. The Labute approximate surface area is 147 Å². The largest absolute Gasteiger partial charge is 0.345 e. The zero-order valence-electron chi connectivity index (χ0n) is 15.8. The van der Waals surface area contributed by atoms with Gasteiger partial charge >= 0.3 is 5.69 Å². The van der Waals surface area contributed by atoms with E-state index in [2.05, 4.69) is 45.0 Å². The van der Waals surface area contributed by atoms with E-state index >= 15 is 0 Å². The summed E-state index contributed by atoms with van der Waals surface area (Å²) in [5, 5.41) is 0.593. The lowest BCUT2D eigenvalue weighted by atomic mass is 9.86. The van der Waals surface area contributed by atoms with Gasteiger partial charge in [0.05, 0.1) is 16.6 Å². The van der Waals surface area contributed by atoms with Crippen LogP contribution in [-0.2, 0) is 26.1 Å². The van der Waals surface area contributed by atoms with Crippen molar-refractivity contribution in [2.45, 2.75) is 39.7 Å². The van der Waals surface area contributed by atoms with Gasteiger partial charge in [0.2, 0.25) is 0 Å². The van der Waals surface area contributed by atoms with Gasteiger partial charge in [0, 0.05) is 26.8 Å². The number of hydrogen-bond acceptors (Lipinski definition) is 2. The Morgan fingerprint density at radius 2 is 1.56 bits per heavy atom. The lowest BCUT2D eigenvalue weighted by Gasteiger charge is -2.19. The van der Waals surface area contributed by atoms with E-state index in [1.165, 1.54) is 21.7 Å². The van der Waals surface area contributed by atoms with Crippen molar-refractivity contribution < 1.29 is 0 Å². The lowest BCUT2D eigenvalue weighted by Crippen LogP contribution is -2.36. The van der Waals surface area contributed by atoms with Crippen LogP contribution in [0.1, 0.15) is 33.3 Å². The molecule has 0 amide bonds. The average molecular weight is 339 g/mol. The second kappa shape index (κ2) is 5.76. The number of nitrogens with zero attached hydrogens (tertiary/aromatic N) is 3. The lowest BCUT2D eigenvalue weighted by molar-refractivity contribution is 0.590. The molecule has 2 aromatic heterocycles. The Hall–Kier alpha value is -2.56. The number of aromatic nitrogens is 3. The van der Waals surface area contributed by atoms with Gasteiger partial charge in [-0.1, -0.05) is 45.0 Å². The molecule has 2 heterocycles. The number of rotatable bonds is 2. The smallest absolute Gasteiger partial charge is 0.330 e. The molecule has 0 saturated carbocycles. The number of aryl methyl sites for hydroxylation is 2. The molecule has 5 heteroatoms. The Bertz CT molecular complexity index is 1060. The molecule has 3 aromatic rings. The SMILES string of the molecule is CCn1cc2c(c1-c1ccc(C(C)(C)C)cc1)c(=O)n(C)c(=O)n2C. The standard InChI is InChI=1S/C20H25N3O2/c1-7-23-12-15-16(18(24)22(6)19(25)21(15)5)17(23)13-8-10-14(11-9-13)20(2,3)4/h8-12H,7H2,1-6H3. The van der Waals surface area contributed by atoms with Gasteiger partial charge in [0.25, 0.3) is 5.56 Å². The maximum absolute atomic E-state index is 12.8. The van der Waals surface area contributed by atoms with Gasteiger partial charge < -0.3 is 4.57 Å². The molecule has 0 aliphatic heterocycles. The van der Waals surface area contributed by atoms with Crippen molar-refractivity contribution in [1.29, 1.82) is 0 Å². The zero-order chi connectivity index (χ0) is 18.5. The van der Waals surface area contributed by atoms with Crippen LogP contribution in [0, 0.1) is 0 Å². The van der Waals surface area contributed by atoms with Crippen LogP contribution in [0.15, 0.2) is 40.1 Å². The molecule has 25 heavy (non-hydrogen) atoms. The Morgan fingerprint density at radius 1 is 0.960 bits per heavy atom. The topological polar surface area (TPSA) is 48.9 Å². The second-order valence-electron chi connectivity index (χ2n) is 7.56. The van der Waals surface area contributed by atoms with E-state index < -0.39 is 0 Å². The van der Waals surface area contributed by atoms with Gasteiger partial charge in [0.15, 0.2) is 0 Å². The molecule has 0 spiro atoms. The normalized spacial score (nSPS) is 12.1. The summed E-state index contributed by atoms with van der Waals surface area (Å²) < 4.78 is 4.75. The minimum atomic E-state index is -0.305. The molecule has 3 rings (SSSR count). The van der Waals surface area contributed by atoms with Crippen molar-refractivity contribution in [2.24, 2.45) is 14.1 Å². The fourth-order valence-electron chi connectivity index (χ4n) is 3.28. The first-order chi connectivity index (χ1) is 11.7. The highest BCUT2D eigenvalue weighted by Crippen LogP contribution is 2.30. The fraction of sp³-hybridized carbons (Fsp3) is 0.400. The molecular formula is C20H25N3O2. The summed E-state index contributed by atoms with van der Waals surface area (Å²) in [7, 11) is 3.23. The number of benzene rings is 1. The van der Waals surface area contributed by atoms with Crippen LogP contribution >= 0.6 is 0 Å². The molecule has 0 saturated heterocycles. The van der Waals surface area contributed by atoms with Crippen molar-refractivity contribution in [3.8, 4) is 11.3 Å². The van der Waals surface area contributed by atoms with Crippen LogP contribution in [0.5, 0.6) is 0 Å². The van der Waals surface area contributed by atoms with Crippen LogP contribution in [-0.4, -0.2) is 13.7 Å². The highest BCUT2D eigenvalue weighted by atomic mass is 16.2. The molecule has 132 valence electrons. The van der Waals surface area contributed by atoms with Crippen molar-refractivity contribution in [2.75, 3.05) is 0 Å². The summed E-state index contributed by atoms with van der Waals surface area (Å²) in [6.07, 6.45) is 1.89. The summed E-state index contributed by atoms with van der Waals surface area (Å²) in [4.78, 5) is 25.0. The highest BCUT2D eigenvalue weighted by Gasteiger charge is 2.19. The highest BCUT2D eigenvalue weighted by molar-refractivity contribution is 5.93. The fourth-order valence-corrected chi connectivity index (χ4v) is 3.28. The third kappa shape index (κ3) is 2.64. The summed E-state index contributed by atoms with van der Waals surface area (Å²) in [6, 6.07) is 8.35. The Kier molecular flexibility index (Phi) is 3.98. The second-order valence-corrected chi connectivity index (χ2v) is 7.56. The van der Waals surface area contributed by atoms with E-state index in [1.807, 2.05) is 17.7 Å². The van der Waals surface area contributed by atoms with E-state index in [0.29, 0.717) is 10.9 Å². The molecule has 0 atom stereocenters. The monoisotopic (exact) mass is 339 g/mol. The van der Waals surface area contributed by atoms with Crippen LogP contribution in [0.2, 0.25) is 0 Å². The van der Waals surface area contributed by atoms with Crippen LogP contribution < -0.4 is 11.2 Å². The van der Waals surface area contributed by atoms with Crippen molar-refractivity contribution >= 4 is 10.9 Å². The van der Waals surface area contributed by atoms with Crippen LogP contribution in [0.3, 0.4) is 0 Å². The maximum atomic E-state index is 12.8. The maximum Gasteiger partial charge on any atom is 0.330 e. The summed E-state index contributed by atoms with van der Waals surface area (Å²) in [5.74, 6) is 0. The van der Waals surface area contributed by atoms with Crippen LogP contribution in [0.25, 0.3) is 22.2 Å². The quantitative estimate of drug-likeness (QED) is 0.720. The number of hydrogen-bond donors (Lipinski definition) is 0. The minimum Gasteiger partial charge on any atom is -0.345 e.